The van der Waals surface area contributed by atoms with Gasteiger partial charge in [0.25, 0.3) is 0 Å². The van der Waals surface area contributed by atoms with Crippen molar-refractivity contribution in [3.63, 3.8) is 0 Å². The number of carboxylic acids is 1. The van der Waals surface area contributed by atoms with Gasteiger partial charge in [-0.3, -0.25) is 34.2 Å². The van der Waals surface area contributed by atoms with Crippen molar-refractivity contribution in [2.24, 2.45) is 11.5 Å². The molecule has 0 aliphatic rings. The van der Waals surface area contributed by atoms with Gasteiger partial charge >= 0.3 is 5.97 Å². The lowest BCUT2D eigenvalue weighted by molar-refractivity contribution is -0.137. The first-order valence-electron chi connectivity index (χ1n) is 14.0. The average molecular weight is 610 g/mol. The van der Waals surface area contributed by atoms with Crippen LogP contribution in [0, 0.1) is 5.41 Å². The van der Waals surface area contributed by atoms with E-state index >= 15 is 0 Å². The molecule has 0 aliphatic heterocycles. The Kier molecular flexibility index (Phi) is 14.0. The van der Waals surface area contributed by atoms with Crippen molar-refractivity contribution in [1.82, 2.24) is 21.3 Å². The molecule has 0 heterocycles. The molecule has 3 atom stereocenters. The summed E-state index contributed by atoms with van der Waals surface area (Å²) in [6, 6.07) is 11.8. The Balaban J connectivity index is 2.14. The van der Waals surface area contributed by atoms with Gasteiger partial charge in [-0.25, -0.2) is 0 Å². The predicted molar refractivity (Wildman–Crippen MR) is 161 cm³/mol. The normalized spacial score (nSPS) is 12.6. The van der Waals surface area contributed by atoms with Crippen molar-refractivity contribution >= 4 is 41.3 Å². The first kappa shape index (κ1) is 34.9. The minimum atomic E-state index is -1.24. The molecule has 0 spiro atoms. The highest BCUT2D eigenvalue weighted by atomic mass is 16.4. The molecule has 0 bridgehead atoms. The topological polar surface area (TPSA) is 247 Å². The van der Waals surface area contributed by atoms with Crippen molar-refractivity contribution in [2.75, 3.05) is 6.54 Å². The van der Waals surface area contributed by atoms with Gasteiger partial charge in [0.2, 0.25) is 23.6 Å². The fourth-order valence-electron chi connectivity index (χ4n) is 4.32. The van der Waals surface area contributed by atoms with Crippen molar-refractivity contribution in [3.05, 3.63) is 71.3 Å². The number of nitrogens with one attached hydrogen (secondary N) is 5. The fraction of sp³-hybridized carbons (Fsp3) is 0.367. The molecule has 0 radical (unpaired) electrons. The van der Waals surface area contributed by atoms with Crippen LogP contribution in [0.2, 0.25) is 0 Å². The molecule has 14 nitrogen and oxygen atoms in total. The summed E-state index contributed by atoms with van der Waals surface area (Å²) in [5.74, 6) is -4.29. The summed E-state index contributed by atoms with van der Waals surface area (Å²) in [6.07, 6.45) is 0.214. The summed E-state index contributed by atoms with van der Waals surface area (Å²) in [7, 11) is 0. The molecule has 0 saturated heterocycles. The van der Waals surface area contributed by atoms with Crippen LogP contribution >= 0.6 is 0 Å². The van der Waals surface area contributed by atoms with Crippen LogP contribution < -0.4 is 32.7 Å². The minimum Gasteiger partial charge on any atom is -0.481 e. The van der Waals surface area contributed by atoms with E-state index in [9.17, 15) is 28.8 Å². The van der Waals surface area contributed by atoms with Gasteiger partial charge < -0.3 is 37.8 Å². The summed E-state index contributed by atoms with van der Waals surface area (Å²) in [5, 5.41) is 26.5. The number of primary amides is 1. The SMILES string of the molecule is CC(=O)N[C@@H](CCCNC(=N)N)C(=O)N[C@@H](CCCC(=O)O)C(=O)N[C@@H](Cc1ccc(C(=O)c2ccccc2)cc1)C(N)=O. The molecular weight excluding hydrogens is 570 g/mol. The number of hydrogen-bond donors (Lipinski definition) is 8. The molecule has 0 fully saturated rings. The van der Waals surface area contributed by atoms with Gasteiger partial charge in [-0.05, 0) is 31.2 Å². The number of carbonyl (C=O) groups excluding carboxylic acids is 5. The Labute approximate surface area is 254 Å². The lowest BCUT2D eigenvalue weighted by Gasteiger charge is -2.25. The van der Waals surface area contributed by atoms with E-state index in [1.165, 1.54) is 6.92 Å². The van der Waals surface area contributed by atoms with E-state index in [1.54, 1.807) is 54.6 Å². The minimum absolute atomic E-state index is 0.00562. The number of amides is 4. The van der Waals surface area contributed by atoms with Crippen molar-refractivity contribution in [3.8, 4) is 0 Å². The van der Waals surface area contributed by atoms with Gasteiger partial charge in [-0.15, -0.1) is 0 Å². The zero-order valence-electron chi connectivity index (χ0n) is 24.4. The lowest BCUT2D eigenvalue weighted by atomic mass is 9.99. The highest BCUT2D eigenvalue weighted by Gasteiger charge is 2.29. The van der Waals surface area contributed by atoms with Gasteiger partial charge in [0.1, 0.15) is 18.1 Å². The summed E-state index contributed by atoms with van der Waals surface area (Å²) >= 11 is 0. The molecule has 236 valence electrons. The van der Waals surface area contributed by atoms with E-state index in [4.69, 9.17) is 22.0 Å². The molecule has 44 heavy (non-hydrogen) atoms. The monoisotopic (exact) mass is 609 g/mol. The molecule has 0 aliphatic carbocycles. The summed E-state index contributed by atoms with van der Waals surface area (Å²) < 4.78 is 0. The highest BCUT2D eigenvalue weighted by Crippen LogP contribution is 2.13. The van der Waals surface area contributed by atoms with Crippen LogP contribution in [0.25, 0.3) is 0 Å². The second kappa shape index (κ2) is 17.6. The molecule has 2 rings (SSSR count). The van der Waals surface area contributed by atoms with E-state index in [0.29, 0.717) is 23.1 Å². The second-order valence-electron chi connectivity index (χ2n) is 10.1. The molecule has 10 N–H and O–H groups in total. The molecule has 0 aromatic heterocycles. The largest absolute Gasteiger partial charge is 0.481 e. The Hall–Kier alpha value is -5.27. The number of aliphatic carboxylic acids is 1. The number of guanidine groups is 1. The zero-order valence-corrected chi connectivity index (χ0v) is 24.4. The van der Waals surface area contributed by atoms with Gasteiger partial charge in [-0.2, -0.15) is 0 Å². The molecule has 2 aromatic rings. The number of hydrogen-bond acceptors (Lipinski definition) is 7. The number of rotatable bonds is 18. The standard InChI is InChI=1S/C30H39N7O7/c1-18(38)35-22(10-6-16-34-30(32)33)28(43)36-23(9-5-11-25(39)40)29(44)37-24(27(31)42)17-19-12-14-21(15-13-19)26(41)20-7-3-2-4-8-20/h2-4,7-8,12-15,22-24H,5-6,9-11,16-17H2,1H3,(H2,31,42)(H,35,38)(H,36,43)(H,37,44)(H,39,40)(H4,32,33,34)/t22-,23-,24-/m0/s1. The van der Waals surface area contributed by atoms with Crippen LogP contribution in [0.1, 0.15) is 60.5 Å². The van der Waals surface area contributed by atoms with E-state index in [-0.39, 0.29) is 50.4 Å². The maximum Gasteiger partial charge on any atom is 0.303 e. The van der Waals surface area contributed by atoms with Crippen molar-refractivity contribution in [2.45, 2.75) is 63.6 Å². The van der Waals surface area contributed by atoms with Gasteiger partial charge in [-0.1, -0.05) is 54.6 Å². The Morgan fingerprint density at radius 2 is 1.32 bits per heavy atom. The van der Waals surface area contributed by atoms with E-state index < -0.39 is 47.7 Å². The van der Waals surface area contributed by atoms with E-state index in [0.717, 1.165) is 0 Å². The van der Waals surface area contributed by atoms with Crippen LogP contribution in [0.5, 0.6) is 0 Å². The molecule has 14 heteroatoms. The number of ketones is 1. The molecule has 2 aromatic carbocycles. The first-order valence-corrected chi connectivity index (χ1v) is 14.0. The van der Waals surface area contributed by atoms with Crippen LogP contribution in [0.3, 0.4) is 0 Å². The van der Waals surface area contributed by atoms with Crippen LogP contribution in [-0.4, -0.2) is 71.1 Å². The van der Waals surface area contributed by atoms with Gasteiger partial charge in [0.05, 0.1) is 0 Å². The quantitative estimate of drug-likeness (QED) is 0.0487. The molecular formula is C30H39N7O7. The van der Waals surface area contributed by atoms with Gasteiger partial charge in [0.15, 0.2) is 11.7 Å². The third kappa shape index (κ3) is 12.3. The fourth-order valence-corrected chi connectivity index (χ4v) is 4.32. The van der Waals surface area contributed by atoms with E-state index in [2.05, 4.69) is 21.3 Å². The summed E-state index contributed by atoms with van der Waals surface area (Å²) in [6.45, 7) is 1.50. The Bertz CT molecular complexity index is 1330. The number of benzene rings is 2. The predicted octanol–water partition coefficient (Wildman–Crippen LogP) is -0.0621. The highest BCUT2D eigenvalue weighted by molar-refractivity contribution is 6.09. The Morgan fingerprint density at radius 3 is 1.86 bits per heavy atom. The second-order valence-corrected chi connectivity index (χ2v) is 10.1. The van der Waals surface area contributed by atoms with Crippen LogP contribution in [0.4, 0.5) is 0 Å². The molecule has 0 unspecified atom stereocenters. The lowest BCUT2D eigenvalue weighted by Crippen LogP contribution is -2.56. The molecule has 4 amide bonds. The third-order valence-corrected chi connectivity index (χ3v) is 6.55. The van der Waals surface area contributed by atoms with Crippen LogP contribution in [-0.2, 0) is 30.4 Å². The maximum absolute atomic E-state index is 13.3. The number of carboxylic acid groups (broad SMARTS) is 1. The first-order chi connectivity index (χ1) is 20.9. The van der Waals surface area contributed by atoms with Crippen molar-refractivity contribution < 1.29 is 33.9 Å². The van der Waals surface area contributed by atoms with Crippen molar-refractivity contribution in [1.29, 1.82) is 5.41 Å². The summed E-state index contributed by atoms with van der Waals surface area (Å²) in [4.78, 5) is 74.1. The maximum atomic E-state index is 13.3. The third-order valence-electron chi connectivity index (χ3n) is 6.55. The van der Waals surface area contributed by atoms with E-state index in [1.807, 2.05) is 0 Å². The summed E-state index contributed by atoms with van der Waals surface area (Å²) in [5.41, 5.74) is 12.4. The number of nitrogens with two attached hydrogens (primary N) is 2. The Morgan fingerprint density at radius 1 is 0.773 bits per heavy atom. The van der Waals surface area contributed by atoms with Crippen LogP contribution in [0.15, 0.2) is 54.6 Å². The number of carbonyl (C=O) groups is 6. The van der Waals surface area contributed by atoms with Gasteiger partial charge in [0, 0.05) is 37.4 Å². The zero-order chi connectivity index (χ0) is 32.6. The smallest absolute Gasteiger partial charge is 0.303 e. The average Bonchev–Trinajstić information content (AvgIpc) is 2.97. The molecule has 0 saturated carbocycles.